The second kappa shape index (κ2) is 13.9. The topological polar surface area (TPSA) is 29.5 Å². The van der Waals surface area contributed by atoms with Gasteiger partial charge in [-0.05, 0) is 110 Å². The Kier molecular flexibility index (Phi) is 7.95. The Bertz CT molecular complexity index is 3810. The Morgan fingerprint density at radius 2 is 0.938 bits per heavy atom. The summed E-state index contributed by atoms with van der Waals surface area (Å²) in [4.78, 5) is 2.39. The molecule has 1 aliphatic carbocycles. The van der Waals surface area contributed by atoms with Gasteiger partial charge in [0.2, 0.25) is 0 Å². The molecule has 302 valence electrons. The van der Waals surface area contributed by atoms with Gasteiger partial charge >= 0.3 is 0 Å². The lowest BCUT2D eigenvalue weighted by Crippen LogP contribution is -2.16. The number of rotatable bonds is 6. The number of hydrogen-bond donors (Lipinski definition) is 0. The van der Waals surface area contributed by atoms with Gasteiger partial charge in [-0.3, -0.25) is 0 Å². The third kappa shape index (κ3) is 5.47. The van der Waals surface area contributed by atoms with E-state index in [1.54, 1.807) is 0 Å². The van der Waals surface area contributed by atoms with Gasteiger partial charge in [0.1, 0.15) is 22.3 Å². The summed E-state index contributed by atoms with van der Waals surface area (Å²) in [5, 5.41) is 6.85. The number of hydrogen-bond acceptors (Lipinski definition) is 3. The van der Waals surface area contributed by atoms with Crippen LogP contribution in [0.2, 0.25) is 0 Å². The van der Waals surface area contributed by atoms with Crippen molar-refractivity contribution in [3.05, 3.63) is 223 Å². The van der Waals surface area contributed by atoms with Crippen LogP contribution in [0.15, 0.2) is 221 Å². The zero-order valence-electron chi connectivity index (χ0n) is 35.5. The highest BCUT2D eigenvalue weighted by Crippen LogP contribution is 2.53. The Morgan fingerprint density at radius 1 is 0.375 bits per heavy atom. The van der Waals surface area contributed by atoms with Crippen molar-refractivity contribution in [2.24, 2.45) is 0 Å². The Labute approximate surface area is 371 Å². The summed E-state index contributed by atoms with van der Waals surface area (Å²) in [6.07, 6.45) is 0. The summed E-state index contributed by atoms with van der Waals surface area (Å²) in [6.45, 7) is 4.72. The van der Waals surface area contributed by atoms with E-state index in [0.717, 1.165) is 83.2 Å². The number of nitrogens with zero attached hydrogens (tertiary/aromatic N) is 1. The van der Waals surface area contributed by atoms with Crippen molar-refractivity contribution >= 4 is 71.7 Å². The molecule has 0 fully saturated rings. The van der Waals surface area contributed by atoms with Gasteiger partial charge in [0.15, 0.2) is 0 Å². The van der Waals surface area contributed by atoms with E-state index < -0.39 is 0 Å². The highest BCUT2D eigenvalue weighted by molar-refractivity contribution is 6.15. The molecule has 3 nitrogen and oxygen atoms in total. The summed E-state index contributed by atoms with van der Waals surface area (Å²) in [5.74, 6) is 0. The van der Waals surface area contributed by atoms with E-state index in [9.17, 15) is 0 Å². The molecule has 0 unspecified atom stereocenters. The Morgan fingerprint density at radius 3 is 1.75 bits per heavy atom. The number of furan rings is 2. The lowest BCUT2D eigenvalue weighted by Gasteiger charge is -2.28. The molecule has 12 aromatic rings. The number of fused-ring (bicyclic) bond motifs is 10. The van der Waals surface area contributed by atoms with Crippen molar-refractivity contribution in [2.75, 3.05) is 4.90 Å². The molecule has 13 rings (SSSR count). The molecule has 0 N–H and O–H groups in total. The molecule has 64 heavy (non-hydrogen) atoms. The Hall–Kier alpha value is -8.14. The van der Waals surface area contributed by atoms with Crippen LogP contribution in [0.5, 0.6) is 0 Å². The van der Waals surface area contributed by atoms with Gasteiger partial charge in [-0.25, -0.2) is 0 Å². The minimum atomic E-state index is -0.120. The van der Waals surface area contributed by atoms with Crippen LogP contribution in [-0.2, 0) is 5.41 Å². The second-order valence-corrected chi connectivity index (χ2v) is 17.6. The highest BCUT2D eigenvalue weighted by Gasteiger charge is 2.37. The van der Waals surface area contributed by atoms with Crippen molar-refractivity contribution in [2.45, 2.75) is 19.3 Å². The van der Waals surface area contributed by atoms with Crippen LogP contribution in [0.25, 0.3) is 99.2 Å². The van der Waals surface area contributed by atoms with Crippen LogP contribution in [0.1, 0.15) is 25.0 Å². The molecule has 0 amide bonds. The van der Waals surface area contributed by atoms with Crippen molar-refractivity contribution in [1.82, 2.24) is 0 Å². The van der Waals surface area contributed by atoms with Crippen molar-refractivity contribution in [1.29, 1.82) is 0 Å². The summed E-state index contributed by atoms with van der Waals surface area (Å²) >= 11 is 0. The standard InChI is InChI=1S/C61H41NO2/c1-61(2)53-24-8-5-16-46(53)48-21-11-20-45(59(48)61)39-30-34-43(35-31-39)62(42-32-28-38(29-33-42)44-19-13-27-56-58(44)51-18-7-10-26-55(51)63-56)54-25-9-6-17-47(54)49-22-12-23-50-52-36-40-14-3-4-15-41(40)37-57(52)64-60(49)50/h3-37H,1-2H3. The fourth-order valence-electron chi connectivity index (χ4n) is 10.7. The normalized spacial score (nSPS) is 13.0. The third-order valence-corrected chi connectivity index (χ3v) is 13.7. The maximum Gasteiger partial charge on any atom is 0.143 e. The van der Waals surface area contributed by atoms with Crippen molar-refractivity contribution in [3.63, 3.8) is 0 Å². The molecule has 2 aromatic heterocycles. The quantitative estimate of drug-likeness (QED) is 0.167. The number of para-hydroxylation sites is 3. The molecule has 0 radical (unpaired) electrons. The molecule has 3 heteroatoms. The van der Waals surface area contributed by atoms with Crippen molar-refractivity contribution < 1.29 is 8.83 Å². The van der Waals surface area contributed by atoms with Crippen LogP contribution in [0.3, 0.4) is 0 Å². The van der Waals surface area contributed by atoms with Gasteiger partial charge in [0.25, 0.3) is 0 Å². The fraction of sp³-hybridized carbons (Fsp3) is 0.0492. The highest BCUT2D eigenvalue weighted by atomic mass is 16.3. The lowest BCUT2D eigenvalue weighted by molar-refractivity contribution is 0.662. The zero-order chi connectivity index (χ0) is 42.5. The summed E-state index contributed by atoms with van der Waals surface area (Å²) in [7, 11) is 0. The molecular weight excluding hydrogens is 779 g/mol. The first-order valence-corrected chi connectivity index (χ1v) is 22.1. The first kappa shape index (κ1) is 36.5. The molecule has 2 heterocycles. The minimum Gasteiger partial charge on any atom is -0.456 e. The van der Waals surface area contributed by atoms with Crippen LogP contribution in [0.4, 0.5) is 17.1 Å². The van der Waals surface area contributed by atoms with E-state index >= 15 is 0 Å². The van der Waals surface area contributed by atoms with Gasteiger partial charge in [0.05, 0.1) is 5.69 Å². The molecule has 0 atom stereocenters. The van der Waals surface area contributed by atoms with Gasteiger partial charge in [0, 0.05) is 49.5 Å². The summed E-state index contributed by atoms with van der Waals surface area (Å²) in [5.41, 5.74) is 18.9. The average Bonchev–Trinajstić information content (AvgIpc) is 3.99. The maximum atomic E-state index is 6.83. The molecule has 1 aliphatic rings. The predicted molar refractivity (Wildman–Crippen MR) is 267 cm³/mol. The summed E-state index contributed by atoms with van der Waals surface area (Å²) in [6, 6.07) is 76.6. The SMILES string of the molecule is CC1(C)c2ccccc2-c2cccc(-c3ccc(N(c4ccc(-c5cccc6oc7ccccc7c56)cc4)c4ccccc4-c4cccc5c4oc4cc6ccccc6cc45)cc3)c21. The molecule has 0 saturated heterocycles. The molecular formula is C61H41NO2. The van der Waals surface area contributed by atoms with Crippen LogP contribution in [-0.4, -0.2) is 0 Å². The van der Waals surface area contributed by atoms with E-state index in [1.165, 1.54) is 44.2 Å². The summed E-state index contributed by atoms with van der Waals surface area (Å²) < 4.78 is 13.1. The first-order valence-electron chi connectivity index (χ1n) is 22.1. The molecule has 0 spiro atoms. The van der Waals surface area contributed by atoms with Gasteiger partial charge in [-0.15, -0.1) is 0 Å². The first-order chi connectivity index (χ1) is 31.5. The molecule has 10 aromatic carbocycles. The van der Waals surface area contributed by atoms with Crippen LogP contribution < -0.4 is 4.90 Å². The molecule has 0 bridgehead atoms. The Balaban J connectivity index is 0.976. The van der Waals surface area contributed by atoms with Gasteiger partial charge in [-0.2, -0.15) is 0 Å². The van der Waals surface area contributed by atoms with Gasteiger partial charge < -0.3 is 13.7 Å². The van der Waals surface area contributed by atoms with E-state index in [4.69, 9.17) is 8.83 Å². The largest absolute Gasteiger partial charge is 0.456 e. The van der Waals surface area contributed by atoms with E-state index in [0.29, 0.717) is 0 Å². The van der Waals surface area contributed by atoms with E-state index in [1.807, 2.05) is 12.1 Å². The van der Waals surface area contributed by atoms with Crippen molar-refractivity contribution in [3.8, 4) is 44.5 Å². The minimum absolute atomic E-state index is 0.120. The monoisotopic (exact) mass is 819 g/mol. The van der Waals surface area contributed by atoms with Crippen LogP contribution >= 0.6 is 0 Å². The maximum absolute atomic E-state index is 6.83. The van der Waals surface area contributed by atoms with E-state index in [-0.39, 0.29) is 5.41 Å². The van der Waals surface area contributed by atoms with Gasteiger partial charge in [-0.1, -0.05) is 172 Å². The zero-order valence-corrected chi connectivity index (χ0v) is 35.5. The molecule has 0 saturated carbocycles. The lowest BCUT2D eigenvalue weighted by atomic mass is 9.79. The van der Waals surface area contributed by atoms with Crippen LogP contribution in [0, 0.1) is 0 Å². The number of anilines is 3. The predicted octanol–water partition coefficient (Wildman–Crippen LogP) is 17.4. The molecule has 0 aliphatic heterocycles. The smallest absolute Gasteiger partial charge is 0.143 e. The average molecular weight is 820 g/mol. The van der Waals surface area contributed by atoms with E-state index in [2.05, 4.69) is 219 Å². The fourth-order valence-corrected chi connectivity index (χ4v) is 10.7. The third-order valence-electron chi connectivity index (χ3n) is 13.7. The second-order valence-electron chi connectivity index (χ2n) is 17.6. The number of benzene rings is 10.